The first kappa shape index (κ1) is 20.9. The number of carbonyl (C=O) groups is 2. The molecule has 3 rings (SSSR count). The quantitative estimate of drug-likeness (QED) is 0.560. The number of nitrogens with one attached hydrogen (secondary N) is 1. The van der Waals surface area contributed by atoms with Gasteiger partial charge in [0, 0.05) is 0 Å². The van der Waals surface area contributed by atoms with Crippen molar-refractivity contribution in [3.8, 4) is 11.5 Å². The number of amides is 1. The Kier molecular flexibility index (Phi) is 7.05. The maximum absolute atomic E-state index is 12.5. The summed E-state index contributed by atoms with van der Waals surface area (Å²) >= 11 is 0. The summed E-state index contributed by atoms with van der Waals surface area (Å²) in [5.41, 5.74) is 1.83. The van der Waals surface area contributed by atoms with E-state index in [1.807, 2.05) is 30.3 Å². The molecular formula is C24H23NO5. The molecule has 0 saturated carbocycles. The van der Waals surface area contributed by atoms with Crippen molar-refractivity contribution in [1.82, 2.24) is 0 Å². The Hall–Kier alpha value is -3.80. The molecule has 0 unspecified atom stereocenters. The van der Waals surface area contributed by atoms with Gasteiger partial charge in [0.05, 0.1) is 18.4 Å². The first-order chi connectivity index (χ1) is 14.6. The lowest BCUT2D eigenvalue weighted by Gasteiger charge is -2.15. The smallest absolute Gasteiger partial charge is 0.339 e. The molecule has 0 bridgehead atoms. The second-order valence-electron chi connectivity index (χ2n) is 6.54. The Morgan fingerprint density at radius 1 is 0.933 bits per heavy atom. The zero-order valence-corrected chi connectivity index (χ0v) is 16.8. The van der Waals surface area contributed by atoms with Crippen LogP contribution in [0.25, 0.3) is 0 Å². The predicted molar refractivity (Wildman–Crippen MR) is 114 cm³/mol. The van der Waals surface area contributed by atoms with Gasteiger partial charge in [-0.1, -0.05) is 48.5 Å². The van der Waals surface area contributed by atoms with Crippen LogP contribution in [0.2, 0.25) is 0 Å². The highest BCUT2D eigenvalue weighted by molar-refractivity contribution is 5.98. The minimum Gasteiger partial charge on any atom is -0.495 e. The lowest BCUT2D eigenvalue weighted by Crippen LogP contribution is -2.30. The monoisotopic (exact) mass is 405 g/mol. The SMILES string of the molecule is COc1ccccc1NC(=O)[C@@H](C)OC(=O)c1cccc(OCc2ccccc2)c1. The molecule has 3 aromatic rings. The number of ether oxygens (including phenoxy) is 3. The summed E-state index contributed by atoms with van der Waals surface area (Å²) in [4.78, 5) is 24.9. The van der Waals surface area contributed by atoms with Crippen LogP contribution in [0.5, 0.6) is 11.5 Å². The van der Waals surface area contributed by atoms with Crippen molar-refractivity contribution in [2.24, 2.45) is 0 Å². The minimum atomic E-state index is -0.990. The highest BCUT2D eigenvalue weighted by Gasteiger charge is 2.20. The second kappa shape index (κ2) is 10.1. The van der Waals surface area contributed by atoms with Gasteiger partial charge < -0.3 is 19.5 Å². The van der Waals surface area contributed by atoms with Gasteiger partial charge in [0.15, 0.2) is 6.10 Å². The Labute approximate surface area is 175 Å². The maximum Gasteiger partial charge on any atom is 0.339 e. The van der Waals surface area contributed by atoms with Crippen molar-refractivity contribution in [3.63, 3.8) is 0 Å². The van der Waals surface area contributed by atoms with E-state index in [2.05, 4.69) is 5.32 Å². The number of para-hydroxylation sites is 2. The van der Waals surface area contributed by atoms with E-state index in [9.17, 15) is 9.59 Å². The average molecular weight is 405 g/mol. The van der Waals surface area contributed by atoms with Crippen molar-refractivity contribution in [2.75, 3.05) is 12.4 Å². The highest BCUT2D eigenvalue weighted by Crippen LogP contribution is 2.23. The molecule has 0 aliphatic heterocycles. The van der Waals surface area contributed by atoms with Crippen LogP contribution >= 0.6 is 0 Å². The van der Waals surface area contributed by atoms with Crippen LogP contribution < -0.4 is 14.8 Å². The summed E-state index contributed by atoms with van der Waals surface area (Å²) in [5, 5.41) is 2.70. The third-order valence-corrected chi connectivity index (χ3v) is 4.34. The topological polar surface area (TPSA) is 73.9 Å². The average Bonchev–Trinajstić information content (AvgIpc) is 2.79. The molecular weight excluding hydrogens is 382 g/mol. The molecule has 1 atom stereocenters. The molecule has 0 radical (unpaired) electrons. The molecule has 30 heavy (non-hydrogen) atoms. The summed E-state index contributed by atoms with van der Waals surface area (Å²) in [6, 6.07) is 23.4. The molecule has 6 nitrogen and oxygen atoms in total. The van der Waals surface area contributed by atoms with Crippen LogP contribution in [-0.2, 0) is 16.1 Å². The molecule has 154 valence electrons. The van der Waals surface area contributed by atoms with Crippen LogP contribution in [0.4, 0.5) is 5.69 Å². The van der Waals surface area contributed by atoms with Gasteiger partial charge in [-0.25, -0.2) is 4.79 Å². The minimum absolute atomic E-state index is 0.303. The number of rotatable bonds is 8. The van der Waals surface area contributed by atoms with Gasteiger partial charge in [-0.05, 0) is 42.8 Å². The Morgan fingerprint density at radius 3 is 2.43 bits per heavy atom. The molecule has 0 aromatic heterocycles. The van der Waals surface area contributed by atoms with Gasteiger partial charge in [0.25, 0.3) is 5.91 Å². The summed E-state index contributed by atoms with van der Waals surface area (Å²) in [6.45, 7) is 1.90. The molecule has 6 heteroatoms. The van der Waals surface area contributed by atoms with Gasteiger partial charge in [-0.15, -0.1) is 0 Å². The molecule has 0 saturated heterocycles. The van der Waals surface area contributed by atoms with Gasteiger partial charge in [-0.3, -0.25) is 4.79 Å². The summed E-state index contributed by atoms with van der Waals surface area (Å²) in [7, 11) is 1.52. The largest absolute Gasteiger partial charge is 0.495 e. The van der Waals surface area contributed by atoms with Crippen molar-refractivity contribution in [2.45, 2.75) is 19.6 Å². The van der Waals surface area contributed by atoms with Gasteiger partial charge in [0.1, 0.15) is 18.1 Å². The summed E-state index contributed by atoms with van der Waals surface area (Å²) in [5.74, 6) is -0.000702. The van der Waals surface area contributed by atoms with Gasteiger partial charge in [-0.2, -0.15) is 0 Å². The van der Waals surface area contributed by atoms with E-state index in [1.165, 1.54) is 14.0 Å². The zero-order valence-electron chi connectivity index (χ0n) is 16.8. The van der Waals surface area contributed by atoms with Crippen molar-refractivity contribution in [1.29, 1.82) is 0 Å². The highest BCUT2D eigenvalue weighted by atomic mass is 16.5. The number of benzene rings is 3. The molecule has 1 amide bonds. The van der Waals surface area contributed by atoms with Gasteiger partial charge in [0.2, 0.25) is 0 Å². The number of anilines is 1. The first-order valence-corrected chi connectivity index (χ1v) is 9.48. The fraction of sp³-hybridized carbons (Fsp3) is 0.167. The van der Waals surface area contributed by atoms with Crippen LogP contribution in [0, 0.1) is 0 Å². The number of hydrogen-bond donors (Lipinski definition) is 1. The molecule has 0 aliphatic rings. The van der Waals surface area contributed by atoms with Crippen molar-refractivity contribution >= 4 is 17.6 Å². The van der Waals surface area contributed by atoms with E-state index in [1.54, 1.807) is 48.5 Å². The fourth-order valence-corrected chi connectivity index (χ4v) is 2.72. The maximum atomic E-state index is 12.5. The van der Waals surface area contributed by atoms with Crippen LogP contribution in [0.15, 0.2) is 78.9 Å². The van der Waals surface area contributed by atoms with Crippen LogP contribution in [0.1, 0.15) is 22.8 Å². The third kappa shape index (κ3) is 5.61. The molecule has 0 fully saturated rings. The van der Waals surface area contributed by atoms with Crippen LogP contribution in [0.3, 0.4) is 0 Å². The van der Waals surface area contributed by atoms with E-state index in [0.717, 1.165) is 5.56 Å². The standard InChI is InChI=1S/C24H23NO5/c1-17(23(26)25-21-13-6-7-14-22(21)28-2)30-24(27)19-11-8-12-20(15-19)29-16-18-9-4-3-5-10-18/h3-15,17H,16H2,1-2H3,(H,25,26)/t17-/m1/s1. The Bertz CT molecular complexity index is 1000. The predicted octanol–water partition coefficient (Wildman–Crippen LogP) is 4.46. The first-order valence-electron chi connectivity index (χ1n) is 9.48. The summed E-state index contributed by atoms with van der Waals surface area (Å²) in [6.07, 6.45) is -0.990. The number of esters is 1. The molecule has 0 heterocycles. The van der Waals surface area contributed by atoms with E-state index >= 15 is 0 Å². The van der Waals surface area contributed by atoms with Crippen LogP contribution in [-0.4, -0.2) is 25.1 Å². The Balaban J connectivity index is 1.59. The lowest BCUT2D eigenvalue weighted by atomic mass is 10.2. The van der Waals surface area contributed by atoms with E-state index in [0.29, 0.717) is 29.4 Å². The van der Waals surface area contributed by atoms with E-state index in [4.69, 9.17) is 14.2 Å². The normalized spacial score (nSPS) is 11.3. The molecule has 3 aromatic carbocycles. The van der Waals surface area contributed by atoms with E-state index < -0.39 is 18.0 Å². The van der Waals surface area contributed by atoms with Gasteiger partial charge >= 0.3 is 5.97 Å². The van der Waals surface area contributed by atoms with E-state index in [-0.39, 0.29) is 0 Å². The zero-order chi connectivity index (χ0) is 21.3. The molecule has 1 N–H and O–H groups in total. The fourth-order valence-electron chi connectivity index (χ4n) is 2.72. The Morgan fingerprint density at radius 2 is 1.67 bits per heavy atom. The molecule has 0 spiro atoms. The molecule has 0 aliphatic carbocycles. The lowest BCUT2D eigenvalue weighted by molar-refractivity contribution is -0.123. The third-order valence-electron chi connectivity index (χ3n) is 4.34. The van der Waals surface area contributed by atoms with Crippen molar-refractivity contribution < 1.29 is 23.8 Å². The second-order valence-corrected chi connectivity index (χ2v) is 6.54. The number of methoxy groups -OCH3 is 1. The van der Waals surface area contributed by atoms with Crippen molar-refractivity contribution in [3.05, 3.63) is 90.0 Å². The number of carbonyl (C=O) groups excluding carboxylic acids is 2. The summed E-state index contributed by atoms with van der Waals surface area (Å²) < 4.78 is 16.3. The number of hydrogen-bond acceptors (Lipinski definition) is 5.